The van der Waals surface area contributed by atoms with E-state index in [2.05, 4.69) is 20.1 Å². The smallest absolute Gasteiger partial charge is 0.406 e. The molecule has 2 heterocycles. The van der Waals surface area contributed by atoms with Crippen LogP contribution in [0.3, 0.4) is 0 Å². The average Bonchev–Trinajstić information content (AvgIpc) is 3.18. The molecule has 0 atom stereocenters. The molecule has 0 saturated carbocycles. The summed E-state index contributed by atoms with van der Waals surface area (Å²) in [5.74, 6) is -1.18. The van der Waals surface area contributed by atoms with E-state index in [1.807, 2.05) is 0 Å². The first kappa shape index (κ1) is 21.2. The Kier molecular flexibility index (Phi) is 5.47. The van der Waals surface area contributed by atoms with Crippen molar-refractivity contribution in [1.82, 2.24) is 14.6 Å². The van der Waals surface area contributed by atoms with Gasteiger partial charge in [0.2, 0.25) is 0 Å². The molecule has 0 aliphatic carbocycles. The Bertz CT molecular complexity index is 1260. The van der Waals surface area contributed by atoms with Crippen molar-refractivity contribution >= 4 is 17.2 Å². The number of nitrogens with one attached hydrogen (secondary N) is 1. The molecule has 4 rings (SSSR count). The van der Waals surface area contributed by atoms with Crippen LogP contribution in [0.4, 0.5) is 27.6 Å². The summed E-state index contributed by atoms with van der Waals surface area (Å²) in [5, 5.41) is 6.34. The molecule has 11 heteroatoms. The number of aromatic nitrogens is 3. The molecule has 32 heavy (non-hydrogen) atoms. The Morgan fingerprint density at radius 3 is 2.34 bits per heavy atom. The second kappa shape index (κ2) is 8.25. The third-order valence-electron chi connectivity index (χ3n) is 4.38. The molecule has 164 valence electrons. The number of alkyl halides is 5. The van der Waals surface area contributed by atoms with Gasteiger partial charge in [0.1, 0.15) is 17.0 Å². The third-order valence-corrected chi connectivity index (χ3v) is 4.38. The number of anilines is 1. The first-order valence-corrected chi connectivity index (χ1v) is 9.11. The zero-order valence-electron chi connectivity index (χ0n) is 16.0. The molecule has 0 saturated heterocycles. The highest BCUT2D eigenvalue weighted by Gasteiger charge is 2.31. The van der Waals surface area contributed by atoms with Crippen LogP contribution in [-0.4, -0.2) is 26.9 Å². The second-order valence-corrected chi connectivity index (χ2v) is 6.55. The van der Waals surface area contributed by atoms with Crippen LogP contribution in [0.25, 0.3) is 16.9 Å². The molecule has 1 N–H and O–H groups in total. The number of fused-ring (bicyclic) bond motifs is 1. The van der Waals surface area contributed by atoms with E-state index in [1.54, 1.807) is 30.3 Å². The molecule has 4 aromatic rings. The Labute approximate surface area is 177 Å². The fourth-order valence-electron chi connectivity index (χ4n) is 3.00. The van der Waals surface area contributed by atoms with Gasteiger partial charge in [-0.15, -0.1) is 13.2 Å². The largest absolute Gasteiger partial charge is 0.573 e. The van der Waals surface area contributed by atoms with Crippen LogP contribution in [0, 0.1) is 0 Å². The van der Waals surface area contributed by atoms with Crippen molar-refractivity contribution in [2.24, 2.45) is 0 Å². The Balaban J connectivity index is 1.67. The van der Waals surface area contributed by atoms with Crippen molar-refractivity contribution in [3.05, 3.63) is 78.1 Å². The molecule has 2 aromatic carbocycles. The highest BCUT2D eigenvalue weighted by molar-refractivity contribution is 6.08. The van der Waals surface area contributed by atoms with Gasteiger partial charge in [0.15, 0.2) is 5.65 Å². The minimum atomic E-state index is -4.84. The molecule has 0 unspecified atom stereocenters. The van der Waals surface area contributed by atoms with E-state index >= 15 is 0 Å². The number of ether oxygens (including phenoxy) is 1. The zero-order chi connectivity index (χ0) is 22.9. The summed E-state index contributed by atoms with van der Waals surface area (Å²) < 4.78 is 68.7. The molecule has 6 nitrogen and oxygen atoms in total. The first-order chi connectivity index (χ1) is 15.2. The summed E-state index contributed by atoms with van der Waals surface area (Å²) in [6.07, 6.45) is -6.62. The van der Waals surface area contributed by atoms with Crippen LogP contribution in [0.2, 0.25) is 0 Å². The standard InChI is InChI=1S/C21H13F5N4O2/c22-18(23)17-10-16(12-4-2-1-3-5-12)29-19-15(11-27-30(17)19)20(31)28-13-6-8-14(9-7-13)32-21(24,25)26/h1-11,18H,(H,28,31). The summed E-state index contributed by atoms with van der Waals surface area (Å²) in [7, 11) is 0. The number of nitrogens with zero attached hydrogens (tertiary/aromatic N) is 3. The summed E-state index contributed by atoms with van der Waals surface area (Å²) in [5.41, 5.74) is 0.358. The zero-order valence-corrected chi connectivity index (χ0v) is 16.0. The Hall–Kier alpha value is -4.02. The highest BCUT2D eigenvalue weighted by atomic mass is 19.4. The number of hydrogen-bond donors (Lipinski definition) is 1. The van der Waals surface area contributed by atoms with Gasteiger partial charge in [-0.1, -0.05) is 30.3 Å². The fraction of sp³-hybridized carbons (Fsp3) is 0.0952. The molecule has 0 fully saturated rings. The van der Waals surface area contributed by atoms with Gasteiger partial charge in [-0.05, 0) is 30.3 Å². The molecule has 2 aromatic heterocycles. The van der Waals surface area contributed by atoms with E-state index in [0.717, 1.165) is 22.8 Å². The number of rotatable bonds is 5. The van der Waals surface area contributed by atoms with Crippen molar-refractivity contribution < 1.29 is 31.5 Å². The van der Waals surface area contributed by atoms with Crippen molar-refractivity contribution in [2.45, 2.75) is 12.8 Å². The summed E-state index contributed by atoms with van der Waals surface area (Å²) in [6, 6.07) is 14.2. The topological polar surface area (TPSA) is 68.5 Å². The quantitative estimate of drug-likeness (QED) is 0.411. The molecule has 0 aliphatic heterocycles. The van der Waals surface area contributed by atoms with Crippen molar-refractivity contribution in [3.8, 4) is 17.0 Å². The SMILES string of the molecule is O=C(Nc1ccc(OC(F)(F)F)cc1)c1cnn2c(C(F)F)cc(-c3ccccc3)nc12. The lowest BCUT2D eigenvalue weighted by Crippen LogP contribution is -2.17. The molecule has 0 bridgehead atoms. The number of carbonyl (C=O) groups is 1. The molecule has 0 spiro atoms. The van der Waals surface area contributed by atoms with Gasteiger partial charge in [-0.3, -0.25) is 4.79 Å². The predicted molar refractivity (Wildman–Crippen MR) is 104 cm³/mol. The number of amides is 1. The lowest BCUT2D eigenvalue weighted by atomic mass is 10.1. The van der Waals surface area contributed by atoms with E-state index in [0.29, 0.717) is 5.56 Å². The first-order valence-electron chi connectivity index (χ1n) is 9.11. The van der Waals surface area contributed by atoms with Crippen LogP contribution in [-0.2, 0) is 0 Å². The summed E-state index contributed by atoms with van der Waals surface area (Å²) >= 11 is 0. The van der Waals surface area contributed by atoms with E-state index in [1.165, 1.54) is 18.2 Å². The summed E-state index contributed by atoms with van der Waals surface area (Å²) in [6.45, 7) is 0. The lowest BCUT2D eigenvalue weighted by molar-refractivity contribution is -0.274. The van der Waals surface area contributed by atoms with Crippen LogP contribution in [0.15, 0.2) is 66.9 Å². The van der Waals surface area contributed by atoms with Gasteiger partial charge in [-0.25, -0.2) is 18.3 Å². The van der Waals surface area contributed by atoms with E-state index < -0.39 is 30.1 Å². The van der Waals surface area contributed by atoms with Gasteiger partial charge >= 0.3 is 6.36 Å². The minimum Gasteiger partial charge on any atom is -0.406 e. The third kappa shape index (κ3) is 4.51. The van der Waals surface area contributed by atoms with Gasteiger partial charge in [0.25, 0.3) is 12.3 Å². The Morgan fingerprint density at radius 2 is 1.72 bits per heavy atom. The predicted octanol–water partition coefficient (Wildman–Crippen LogP) is 5.48. The maximum atomic E-state index is 13.6. The number of carbonyl (C=O) groups excluding carboxylic acids is 1. The summed E-state index contributed by atoms with van der Waals surface area (Å²) in [4.78, 5) is 17.1. The highest BCUT2D eigenvalue weighted by Crippen LogP contribution is 2.28. The van der Waals surface area contributed by atoms with Crippen molar-refractivity contribution in [3.63, 3.8) is 0 Å². The van der Waals surface area contributed by atoms with Crippen LogP contribution < -0.4 is 10.1 Å². The van der Waals surface area contributed by atoms with E-state index in [4.69, 9.17) is 0 Å². The monoisotopic (exact) mass is 448 g/mol. The number of benzene rings is 2. The lowest BCUT2D eigenvalue weighted by Gasteiger charge is -2.10. The van der Waals surface area contributed by atoms with Crippen molar-refractivity contribution in [1.29, 1.82) is 0 Å². The molecule has 0 aliphatic rings. The maximum Gasteiger partial charge on any atom is 0.573 e. The van der Waals surface area contributed by atoms with Crippen LogP contribution >= 0.6 is 0 Å². The Morgan fingerprint density at radius 1 is 1.03 bits per heavy atom. The van der Waals surface area contributed by atoms with Gasteiger partial charge < -0.3 is 10.1 Å². The molecule has 0 radical (unpaired) electrons. The van der Waals surface area contributed by atoms with E-state index in [9.17, 15) is 26.7 Å². The van der Waals surface area contributed by atoms with Crippen molar-refractivity contribution in [2.75, 3.05) is 5.32 Å². The van der Waals surface area contributed by atoms with E-state index in [-0.39, 0.29) is 22.6 Å². The normalized spacial score (nSPS) is 11.7. The number of halogens is 5. The maximum absolute atomic E-state index is 13.6. The van der Waals surface area contributed by atoms with Gasteiger partial charge in [0.05, 0.1) is 11.9 Å². The fourth-order valence-corrected chi connectivity index (χ4v) is 3.00. The average molecular weight is 448 g/mol. The second-order valence-electron chi connectivity index (χ2n) is 6.55. The van der Waals surface area contributed by atoms with Crippen LogP contribution in [0.1, 0.15) is 22.5 Å². The molecular formula is C21H13F5N4O2. The molecular weight excluding hydrogens is 435 g/mol. The minimum absolute atomic E-state index is 0.0831. The van der Waals surface area contributed by atoms with Gasteiger partial charge in [0, 0.05) is 11.3 Å². The van der Waals surface area contributed by atoms with Crippen LogP contribution in [0.5, 0.6) is 5.75 Å². The number of hydrogen-bond acceptors (Lipinski definition) is 4. The molecule has 1 amide bonds. The van der Waals surface area contributed by atoms with Gasteiger partial charge in [-0.2, -0.15) is 5.10 Å².